The summed E-state index contributed by atoms with van der Waals surface area (Å²) in [7, 11) is 0. The minimum absolute atomic E-state index is 0.0277. The van der Waals surface area contributed by atoms with Crippen LogP contribution in [0.1, 0.15) is 47.3 Å². The van der Waals surface area contributed by atoms with Crippen LogP contribution in [-0.2, 0) is 6.54 Å². The van der Waals surface area contributed by atoms with Crippen LogP contribution in [0.15, 0.2) is 24.4 Å². The zero-order chi connectivity index (χ0) is 15.0. The summed E-state index contributed by atoms with van der Waals surface area (Å²) in [4.78, 5) is 11.3. The molecule has 106 valence electrons. The highest BCUT2D eigenvalue weighted by Crippen LogP contribution is 2.42. The third-order valence-corrected chi connectivity index (χ3v) is 3.79. The molecular weight excluding hydrogens is 266 g/mol. The molecule has 1 fully saturated rings. The van der Waals surface area contributed by atoms with Crippen molar-refractivity contribution >= 4 is 5.97 Å². The lowest BCUT2D eigenvalue weighted by Gasteiger charge is -2.05. The van der Waals surface area contributed by atoms with Gasteiger partial charge in [-0.15, -0.1) is 0 Å². The SMILES string of the molecule is CCn1cc(-c2ccc(C3CC3)c(C#N)c2)c(C(=O)O)n1. The van der Waals surface area contributed by atoms with Crippen molar-refractivity contribution in [3.63, 3.8) is 0 Å². The van der Waals surface area contributed by atoms with Gasteiger partial charge in [-0.2, -0.15) is 10.4 Å². The Balaban J connectivity index is 2.10. The Bertz CT molecular complexity index is 751. The van der Waals surface area contributed by atoms with Crippen LogP contribution in [0.4, 0.5) is 0 Å². The zero-order valence-corrected chi connectivity index (χ0v) is 11.7. The van der Waals surface area contributed by atoms with E-state index < -0.39 is 5.97 Å². The van der Waals surface area contributed by atoms with Crippen LogP contribution in [0.5, 0.6) is 0 Å². The second-order valence-electron chi connectivity index (χ2n) is 5.24. The molecule has 1 aliphatic carbocycles. The van der Waals surface area contributed by atoms with Crippen LogP contribution in [0.2, 0.25) is 0 Å². The second kappa shape index (κ2) is 5.06. The van der Waals surface area contributed by atoms with Gasteiger partial charge in [-0.3, -0.25) is 4.68 Å². The lowest BCUT2D eigenvalue weighted by molar-refractivity contribution is 0.0690. The minimum atomic E-state index is -1.05. The Morgan fingerprint density at radius 1 is 1.52 bits per heavy atom. The van der Waals surface area contributed by atoms with Gasteiger partial charge in [0.2, 0.25) is 0 Å². The van der Waals surface area contributed by atoms with Crippen molar-refractivity contribution < 1.29 is 9.90 Å². The lowest BCUT2D eigenvalue weighted by Crippen LogP contribution is -2.02. The van der Waals surface area contributed by atoms with Crippen molar-refractivity contribution in [3.05, 3.63) is 41.2 Å². The molecule has 1 aliphatic rings. The molecule has 0 atom stereocenters. The van der Waals surface area contributed by atoms with Gasteiger partial charge in [0, 0.05) is 18.3 Å². The maximum Gasteiger partial charge on any atom is 0.357 e. The predicted octanol–water partition coefficient (Wildman–Crippen LogP) is 3.02. The second-order valence-corrected chi connectivity index (χ2v) is 5.24. The molecule has 0 spiro atoms. The highest BCUT2D eigenvalue weighted by atomic mass is 16.4. The van der Waals surface area contributed by atoms with E-state index in [9.17, 15) is 15.2 Å². The van der Waals surface area contributed by atoms with Crippen LogP contribution in [0, 0.1) is 11.3 Å². The van der Waals surface area contributed by atoms with Crippen LogP contribution in [0.3, 0.4) is 0 Å². The summed E-state index contributed by atoms with van der Waals surface area (Å²) in [5.74, 6) is -0.562. The number of carboxylic acid groups (broad SMARTS) is 1. The Morgan fingerprint density at radius 2 is 2.29 bits per heavy atom. The molecule has 0 radical (unpaired) electrons. The van der Waals surface area contributed by atoms with Crippen molar-refractivity contribution in [3.8, 4) is 17.2 Å². The Kier molecular flexibility index (Phi) is 3.22. The molecule has 1 saturated carbocycles. The molecule has 0 amide bonds. The first-order chi connectivity index (χ1) is 10.1. The van der Waals surface area contributed by atoms with Crippen LogP contribution >= 0.6 is 0 Å². The maximum atomic E-state index is 11.3. The molecule has 5 nitrogen and oxygen atoms in total. The van der Waals surface area contributed by atoms with Crippen molar-refractivity contribution in [1.29, 1.82) is 5.26 Å². The van der Waals surface area contributed by atoms with Crippen molar-refractivity contribution in [2.75, 3.05) is 0 Å². The number of aryl methyl sites for hydroxylation is 1. The van der Waals surface area contributed by atoms with E-state index in [1.165, 1.54) is 0 Å². The lowest BCUT2D eigenvalue weighted by atomic mass is 9.97. The number of nitriles is 1. The number of hydrogen-bond acceptors (Lipinski definition) is 3. The Morgan fingerprint density at radius 3 is 2.86 bits per heavy atom. The normalized spacial score (nSPS) is 13.9. The molecule has 1 aromatic carbocycles. The first-order valence-corrected chi connectivity index (χ1v) is 6.99. The largest absolute Gasteiger partial charge is 0.476 e. The maximum absolute atomic E-state index is 11.3. The van der Waals surface area contributed by atoms with Crippen molar-refractivity contribution in [1.82, 2.24) is 9.78 Å². The van der Waals surface area contributed by atoms with E-state index in [1.807, 2.05) is 19.1 Å². The first kappa shape index (κ1) is 13.4. The van der Waals surface area contributed by atoms with Crippen LogP contribution in [0.25, 0.3) is 11.1 Å². The van der Waals surface area contributed by atoms with Crippen molar-refractivity contribution in [2.45, 2.75) is 32.2 Å². The van der Waals surface area contributed by atoms with Gasteiger partial charge < -0.3 is 5.11 Å². The number of aromatic carboxylic acids is 1. The molecule has 1 aromatic heterocycles. The summed E-state index contributed by atoms with van der Waals surface area (Å²) in [5, 5.41) is 22.6. The van der Waals surface area contributed by atoms with Gasteiger partial charge in [0.05, 0.1) is 11.6 Å². The fraction of sp³-hybridized carbons (Fsp3) is 0.312. The molecule has 0 bridgehead atoms. The van der Waals surface area contributed by atoms with Crippen molar-refractivity contribution in [2.24, 2.45) is 0 Å². The van der Waals surface area contributed by atoms with Crippen LogP contribution in [-0.4, -0.2) is 20.9 Å². The highest BCUT2D eigenvalue weighted by Gasteiger charge is 2.26. The van der Waals surface area contributed by atoms with E-state index in [-0.39, 0.29) is 5.69 Å². The number of benzene rings is 1. The van der Waals surface area contributed by atoms with E-state index in [2.05, 4.69) is 11.2 Å². The molecule has 2 aromatic rings. The minimum Gasteiger partial charge on any atom is -0.476 e. The quantitative estimate of drug-likeness (QED) is 0.934. The standard InChI is InChI=1S/C16H15N3O2/c1-2-19-9-14(15(18-19)16(20)21)11-5-6-13(10-3-4-10)12(7-11)8-17/h5-7,9-10H,2-4H2,1H3,(H,20,21). The average Bonchev–Trinajstić information content (AvgIpc) is 3.24. The molecule has 1 heterocycles. The molecule has 0 aliphatic heterocycles. The van der Waals surface area contributed by atoms with Gasteiger partial charge in [0.25, 0.3) is 0 Å². The smallest absolute Gasteiger partial charge is 0.357 e. The number of nitrogens with zero attached hydrogens (tertiary/aromatic N) is 3. The summed E-state index contributed by atoms with van der Waals surface area (Å²) in [5.41, 5.74) is 3.02. The molecule has 0 saturated heterocycles. The molecule has 3 rings (SSSR count). The number of carbonyl (C=O) groups is 1. The van der Waals surface area contributed by atoms with Crippen LogP contribution < -0.4 is 0 Å². The van der Waals surface area contributed by atoms with Gasteiger partial charge in [-0.25, -0.2) is 4.79 Å². The summed E-state index contributed by atoms with van der Waals surface area (Å²) < 4.78 is 1.60. The number of carboxylic acids is 1. The van der Waals surface area contributed by atoms with Gasteiger partial charge >= 0.3 is 5.97 Å². The monoisotopic (exact) mass is 281 g/mol. The van der Waals surface area contributed by atoms with Gasteiger partial charge in [-0.05, 0) is 42.9 Å². The van der Waals surface area contributed by atoms with Gasteiger partial charge in [0.15, 0.2) is 5.69 Å². The van der Waals surface area contributed by atoms with E-state index in [0.29, 0.717) is 23.6 Å². The third kappa shape index (κ3) is 2.40. The topological polar surface area (TPSA) is 78.9 Å². The fourth-order valence-corrected chi connectivity index (χ4v) is 2.52. The zero-order valence-electron chi connectivity index (χ0n) is 11.7. The molecular formula is C16H15N3O2. The summed E-state index contributed by atoms with van der Waals surface area (Å²) in [6.45, 7) is 2.50. The fourth-order valence-electron chi connectivity index (χ4n) is 2.52. The van der Waals surface area contributed by atoms with E-state index in [4.69, 9.17) is 0 Å². The molecule has 0 unspecified atom stereocenters. The Hall–Kier alpha value is -2.61. The average molecular weight is 281 g/mol. The summed E-state index contributed by atoms with van der Waals surface area (Å²) in [6, 6.07) is 7.83. The molecule has 5 heteroatoms. The third-order valence-electron chi connectivity index (χ3n) is 3.79. The molecule has 1 N–H and O–H groups in total. The highest BCUT2D eigenvalue weighted by molar-refractivity contribution is 5.94. The number of rotatable bonds is 4. The van der Waals surface area contributed by atoms with Gasteiger partial charge in [-0.1, -0.05) is 12.1 Å². The number of aromatic nitrogens is 2. The summed E-state index contributed by atoms with van der Waals surface area (Å²) in [6.07, 6.45) is 3.97. The first-order valence-electron chi connectivity index (χ1n) is 6.99. The van der Waals surface area contributed by atoms with E-state index in [1.54, 1.807) is 16.9 Å². The predicted molar refractivity (Wildman–Crippen MR) is 77.0 cm³/mol. The Labute approximate surface area is 122 Å². The van der Waals surface area contributed by atoms with E-state index >= 15 is 0 Å². The number of hydrogen-bond donors (Lipinski definition) is 1. The van der Waals surface area contributed by atoms with E-state index in [0.717, 1.165) is 24.0 Å². The van der Waals surface area contributed by atoms with Gasteiger partial charge in [0.1, 0.15) is 0 Å². The molecule has 21 heavy (non-hydrogen) atoms. The summed E-state index contributed by atoms with van der Waals surface area (Å²) >= 11 is 0.